The summed E-state index contributed by atoms with van der Waals surface area (Å²) in [5, 5.41) is 2.51. The molecule has 1 aromatic rings. The molecule has 1 heterocycles. The number of benzene rings is 1. The molecule has 8 heteroatoms. The summed E-state index contributed by atoms with van der Waals surface area (Å²) in [5.74, 6) is 0.104. The number of carbonyl (C=O) groups is 2. The van der Waals surface area contributed by atoms with Crippen molar-refractivity contribution in [2.75, 3.05) is 39.8 Å². The van der Waals surface area contributed by atoms with Crippen molar-refractivity contribution in [3.05, 3.63) is 35.9 Å². The molecule has 3 N–H and O–H groups in total. The molecule has 0 bridgehead atoms. The first-order valence-electron chi connectivity index (χ1n) is 8.05. The number of nitrogens with two attached hydrogens (primary N) is 1. The summed E-state index contributed by atoms with van der Waals surface area (Å²) in [5.41, 5.74) is 6.52. The molecule has 1 aliphatic rings. The van der Waals surface area contributed by atoms with Gasteiger partial charge in [0.05, 0.1) is 13.1 Å². The number of rotatable bonds is 7. The van der Waals surface area contributed by atoms with Crippen LogP contribution in [0.15, 0.2) is 30.3 Å². The van der Waals surface area contributed by atoms with Gasteiger partial charge in [0.2, 0.25) is 11.8 Å². The molecule has 0 aromatic heterocycles. The van der Waals surface area contributed by atoms with E-state index in [1.165, 1.54) is 5.56 Å². The van der Waals surface area contributed by atoms with Gasteiger partial charge in [0.15, 0.2) is 0 Å². The Morgan fingerprint density at radius 2 is 1.96 bits per heavy atom. The molecule has 1 fully saturated rings. The van der Waals surface area contributed by atoms with Crippen LogP contribution in [0.2, 0.25) is 0 Å². The fraction of sp³-hybridized carbons (Fsp3) is 0.529. The zero-order chi connectivity index (χ0) is 16.7. The number of nitrogens with one attached hydrogen (secondary N) is 1. The van der Waals surface area contributed by atoms with Crippen molar-refractivity contribution < 1.29 is 9.59 Å². The molecule has 6 nitrogen and oxygen atoms in total. The van der Waals surface area contributed by atoms with Crippen LogP contribution in [0.3, 0.4) is 0 Å². The standard InChI is InChI=1S/C17H26N4O2.2ClH/c1-20(17(23)10-19-16(22)9-18)11-15-7-8-21(13-15)12-14-5-3-2-4-6-14;;/h2-6,15H,7-13,18H2,1H3,(H,19,22);2*1H. The van der Waals surface area contributed by atoms with Crippen LogP contribution in [0.5, 0.6) is 0 Å². The van der Waals surface area contributed by atoms with E-state index in [1.807, 2.05) is 6.07 Å². The minimum atomic E-state index is -0.304. The van der Waals surface area contributed by atoms with Crippen molar-refractivity contribution in [2.45, 2.75) is 13.0 Å². The molecule has 0 aliphatic carbocycles. The lowest BCUT2D eigenvalue weighted by molar-refractivity contribution is -0.131. The highest BCUT2D eigenvalue weighted by atomic mass is 35.5. The monoisotopic (exact) mass is 390 g/mol. The normalized spacial score (nSPS) is 16.5. The van der Waals surface area contributed by atoms with Crippen molar-refractivity contribution in [1.29, 1.82) is 0 Å². The van der Waals surface area contributed by atoms with Crippen molar-refractivity contribution in [3.8, 4) is 0 Å². The number of amides is 2. The zero-order valence-electron chi connectivity index (χ0n) is 14.5. The fourth-order valence-electron chi connectivity index (χ4n) is 2.92. The molecule has 1 aromatic carbocycles. The number of nitrogens with zero attached hydrogens (tertiary/aromatic N) is 2. The quantitative estimate of drug-likeness (QED) is 0.724. The Morgan fingerprint density at radius 3 is 2.60 bits per heavy atom. The van der Waals surface area contributed by atoms with Gasteiger partial charge < -0.3 is 16.0 Å². The van der Waals surface area contributed by atoms with E-state index in [2.05, 4.69) is 34.5 Å². The Balaban J connectivity index is 0.00000288. The van der Waals surface area contributed by atoms with Crippen molar-refractivity contribution in [3.63, 3.8) is 0 Å². The average Bonchev–Trinajstić information content (AvgIpc) is 3.00. The second-order valence-corrected chi connectivity index (χ2v) is 6.13. The first-order valence-corrected chi connectivity index (χ1v) is 8.05. The van der Waals surface area contributed by atoms with Gasteiger partial charge in [0.1, 0.15) is 0 Å². The van der Waals surface area contributed by atoms with Crippen LogP contribution >= 0.6 is 24.8 Å². The average molecular weight is 391 g/mol. The van der Waals surface area contributed by atoms with E-state index < -0.39 is 0 Å². The topological polar surface area (TPSA) is 78.7 Å². The number of halogens is 2. The van der Waals surface area contributed by atoms with Crippen LogP contribution in [0.4, 0.5) is 0 Å². The summed E-state index contributed by atoms with van der Waals surface area (Å²) in [4.78, 5) is 27.2. The molecule has 1 saturated heterocycles. The van der Waals surface area contributed by atoms with Crippen LogP contribution < -0.4 is 11.1 Å². The zero-order valence-corrected chi connectivity index (χ0v) is 16.2. The smallest absolute Gasteiger partial charge is 0.241 e. The van der Waals surface area contributed by atoms with Gasteiger partial charge in [-0.15, -0.1) is 24.8 Å². The highest BCUT2D eigenvalue weighted by Gasteiger charge is 2.24. The molecule has 1 aliphatic heterocycles. The fourth-order valence-corrected chi connectivity index (χ4v) is 2.92. The molecule has 0 radical (unpaired) electrons. The Labute approximate surface area is 161 Å². The lowest BCUT2D eigenvalue weighted by Gasteiger charge is -2.22. The number of likely N-dealkylation sites (tertiary alicyclic amines) is 1. The Morgan fingerprint density at radius 1 is 1.28 bits per heavy atom. The number of likely N-dealkylation sites (N-methyl/N-ethyl adjacent to an activating group) is 1. The number of carbonyl (C=O) groups excluding carboxylic acids is 2. The highest BCUT2D eigenvalue weighted by molar-refractivity contribution is 5.86. The Hall–Kier alpha value is -1.34. The lowest BCUT2D eigenvalue weighted by Crippen LogP contribution is -2.42. The maximum atomic E-state index is 12.0. The van der Waals surface area contributed by atoms with Crippen molar-refractivity contribution in [1.82, 2.24) is 15.1 Å². The van der Waals surface area contributed by atoms with Gasteiger partial charge in [-0.3, -0.25) is 14.5 Å². The summed E-state index contributed by atoms with van der Waals surface area (Å²) in [6.07, 6.45) is 1.10. The predicted molar refractivity (Wildman–Crippen MR) is 104 cm³/mol. The third-order valence-corrected chi connectivity index (χ3v) is 4.20. The maximum absolute atomic E-state index is 12.0. The molecule has 25 heavy (non-hydrogen) atoms. The summed E-state index contributed by atoms with van der Waals surface area (Å²) in [7, 11) is 1.79. The third-order valence-electron chi connectivity index (χ3n) is 4.20. The van der Waals surface area contributed by atoms with Gasteiger partial charge in [-0.05, 0) is 24.4 Å². The summed E-state index contributed by atoms with van der Waals surface area (Å²) >= 11 is 0. The molecule has 2 amide bonds. The van der Waals surface area contributed by atoms with Gasteiger partial charge >= 0.3 is 0 Å². The Bertz CT molecular complexity index is 531. The molecule has 1 atom stereocenters. The molecular weight excluding hydrogens is 363 g/mol. The molecule has 0 spiro atoms. The van der Waals surface area contributed by atoms with Gasteiger partial charge in [-0.1, -0.05) is 30.3 Å². The van der Waals surface area contributed by atoms with E-state index in [1.54, 1.807) is 11.9 Å². The van der Waals surface area contributed by atoms with Gasteiger partial charge in [0.25, 0.3) is 0 Å². The third kappa shape index (κ3) is 8.05. The van der Waals surface area contributed by atoms with Crippen LogP contribution in [0, 0.1) is 5.92 Å². The minimum Gasteiger partial charge on any atom is -0.346 e. The summed E-state index contributed by atoms with van der Waals surface area (Å²) in [6.45, 7) is 3.68. The first kappa shape index (κ1) is 23.7. The summed E-state index contributed by atoms with van der Waals surface area (Å²) in [6, 6.07) is 10.4. The van der Waals surface area contributed by atoms with Gasteiger partial charge in [-0.25, -0.2) is 0 Å². The van der Waals surface area contributed by atoms with E-state index >= 15 is 0 Å². The maximum Gasteiger partial charge on any atom is 0.241 e. The lowest BCUT2D eigenvalue weighted by atomic mass is 10.1. The highest BCUT2D eigenvalue weighted by Crippen LogP contribution is 2.19. The van der Waals surface area contributed by atoms with Crippen LogP contribution in [-0.2, 0) is 16.1 Å². The molecule has 142 valence electrons. The molecule has 0 saturated carbocycles. The second kappa shape index (κ2) is 12.1. The van der Waals surface area contributed by atoms with Crippen LogP contribution in [-0.4, -0.2) is 61.4 Å². The molecular formula is C17H28Cl2N4O2. The van der Waals surface area contributed by atoms with Crippen molar-refractivity contribution >= 4 is 36.6 Å². The van der Waals surface area contributed by atoms with E-state index in [-0.39, 0.29) is 49.7 Å². The number of hydrogen-bond acceptors (Lipinski definition) is 4. The minimum absolute atomic E-state index is 0. The predicted octanol–water partition coefficient (Wildman–Crippen LogP) is 0.885. The van der Waals surface area contributed by atoms with E-state index in [9.17, 15) is 9.59 Å². The Kier molecular flexibility index (Phi) is 11.4. The first-order chi connectivity index (χ1) is 11.1. The van der Waals surface area contributed by atoms with E-state index in [4.69, 9.17) is 5.73 Å². The number of hydrogen-bond donors (Lipinski definition) is 2. The summed E-state index contributed by atoms with van der Waals surface area (Å²) < 4.78 is 0. The SMILES string of the molecule is CN(CC1CCN(Cc2ccccc2)C1)C(=O)CNC(=O)CN.Cl.Cl. The van der Waals surface area contributed by atoms with Crippen LogP contribution in [0.25, 0.3) is 0 Å². The molecule has 1 unspecified atom stereocenters. The van der Waals surface area contributed by atoms with Gasteiger partial charge in [-0.2, -0.15) is 0 Å². The largest absolute Gasteiger partial charge is 0.346 e. The van der Waals surface area contributed by atoms with Crippen molar-refractivity contribution in [2.24, 2.45) is 11.7 Å². The van der Waals surface area contributed by atoms with E-state index in [0.717, 1.165) is 32.6 Å². The molecule has 2 rings (SSSR count). The van der Waals surface area contributed by atoms with Crippen LogP contribution in [0.1, 0.15) is 12.0 Å². The van der Waals surface area contributed by atoms with Gasteiger partial charge in [0, 0.05) is 26.7 Å². The van der Waals surface area contributed by atoms with E-state index in [0.29, 0.717) is 5.92 Å². The second-order valence-electron chi connectivity index (χ2n) is 6.13.